The van der Waals surface area contributed by atoms with Crippen molar-refractivity contribution in [3.63, 3.8) is 0 Å². The van der Waals surface area contributed by atoms with Crippen LogP contribution in [0.3, 0.4) is 0 Å². The van der Waals surface area contributed by atoms with Gasteiger partial charge in [0, 0.05) is 14.6 Å². The van der Waals surface area contributed by atoms with E-state index in [0.29, 0.717) is 0 Å². The Hall–Kier alpha value is -0.350. The molecule has 2 aromatic rings. The standard InChI is InChI=1S/C13H14ClNS2/c1-7-5-10(17-13(7)14)12(15)11-6-8-3-2-4-9(8)16-11/h5-6,12H,2-4,15H2,1H3. The van der Waals surface area contributed by atoms with Crippen LogP contribution in [-0.4, -0.2) is 0 Å². The fourth-order valence-corrected chi connectivity index (χ4v) is 4.87. The van der Waals surface area contributed by atoms with Gasteiger partial charge in [-0.2, -0.15) is 0 Å². The van der Waals surface area contributed by atoms with Crippen LogP contribution in [0.4, 0.5) is 0 Å². The molecule has 1 unspecified atom stereocenters. The molecule has 0 radical (unpaired) electrons. The number of thiophene rings is 2. The summed E-state index contributed by atoms with van der Waals surface area (Å²) < 4.78 is 0.861. The monoisotopic (exact) mass is 283 g/mol. The molecule has 1 nitrogen and oxygen atoms in total. The van der Waals surface area contributed by atoms with Crippen molar-refractivity contribution in [3.05, 3.63) is 42.2 Å². The highest BCUT2D eigenvalue weighted by Gasteiger charge is 2.20. The molecule has 17 heavy (non-hydrogen) atoms. The van der Waals surface area contributed by atoms with Crippen molar-refractivity contribution < 1.29 is 0 Å². The second kappa shape index (κ2) is 4.39. The average Bonchev–Trinajstić information content (AvgIpc) is 2.92. The van der Waals surface area contributed by atoms with Gasteiger partial charge in [0.1, 0.15) is 0 Å². The van der Waals surface area contributed by atoms with Gasteiger partial charge in [0.2, 0.25) is 0 Å². The maximum Gasteiger partial charge on any atom is 0.0961 e. The van der Waals surface area contributed by atoms with Crippen molar-refractivity contribution in [2.75, 3.05) is 0 Å². The molecule has 0 saturated carbocycles. The van der Waals surface area contributed by atoms with Crippen LogP contribution >= 0.6 is 34.3 Å². The van der Waals surface area contributed by atoms with Gasteiger partial charge in [0.25, 0.3) is 0 Å². The molecule has 90 valence electrons. The number of hydrogen-bond acceptors (Lipinski definition) is 3. The number of fused-ring (bicyclic) bond motifs is 1. The van der Waals surface area contributed by atoms with E-state index < -0.39 is 0 Å². The third kappa shape index (κ3) is 2.06. The molecule has 0 aromatic carbocycles. The second-order valence-electron chi connectivity index (χ2n) is 4.53. The van der Waals surface area contributed by atoms with E-state index >= 15 is 0 Å². The van der Waals surface area contributed by atoms with E-state index in [9.17, 15) is 0 Å². The van der Waals surface area contributed by atoms with Gasteiger partial charge in [-0.25, -0.2) is 0 Å². The van der Waals surface area contributed by atoms with Gasteiger partial charge in [0.15, 0.2) is 0 Å². The molecule has 0 amide bonds. The number of aryl methyl sites for hydroxylation is 3. The summed E-state index contributed by atoms with van der Waals surface area (Å²) >= 11 is 9.59. The summed E-state index contributed by atoms with van der Waals surface area (Å²) in [5, 5.41) is 0. The number of hydrogen-bond donors (Lipinski definition) is 1. The van der Waals surface area contributed by atoms with Crippen LogP contribution < -0.4 is 5.73 Å². The minimum Gasteiger partial charge on any atom is -0.319 e. The van der Waals surface area contributed by atoms with Gasteiger partial charge in [-0.3, -0.25) is 0 Å². The van der Waals surface area contributed by atoms with Crippen molar-refractivity contribution in [1.82, 2.24) is 0 Å². The van der Waals surface area contributed by atoms with Gasteiger partial charge in [-0.05, 0) is 49.4 Å². The van der Waals surface area contributed by atoms with Crippen LogP contribution in [0.5, 0.6) is 0 Å². The summed E-state index contributed by atoms with van der Waals surface area (Å²) in [7, 11) is 0. The van der Waals surface area contributed by atoms with E-state index in [1.54, 1.807) is 11.3 Å². The molecule has 0 saturated heterocycles. The minimum atomic E-state index is 0.00167. The van der Waals surface area contributed by atoms with Crippen LogP contribution in [0.2, 0.25) is 4.34 Å². The van der Waals surface area contributed by atoms with Crippen molar-refractivity contribution in [2.45, 2.75) is 32.2 Å². The molecule has 0 aliphatic heterocycles. The maximum atomic E-state index is 6.32. The van der Waals surface area contributed by atoms with E-state index in [2.05, 4.69) is 12.1 Å². The van der Waals surface area contributed by atoms with Gasteiger partial charge < -0.3 is 5.73 Å². The highest BCUT2D eigenvalue weighted by atomic mass is 35.5. The van der Waals surface area contributed by atoms with E-state index in [1.165, 1.54) is 39.5 Å². The Bertz CT molecular complexity index is 515. The molecule has 0 bridgehead atoms. The zero-order valence-corrected chi connectivity index (χ0v) is 12.0. The lowest BCUT2D eigenvalue weighted by atomic mass is 10.1. The lowest BCUT2D eigenvalue weighted by Crippen LogP contribution is -2.08. The molecule has 1 atom stereocenters. The first-order valence-corrected chi connectivity index (χ1v) is 7.79. The highest BCUT2D eigenvalue weighted by molar-refractivity contribution is 7.17. The first kappa shape index (κ1) is 11.7. The van der Waals surface area contributed by atoms with E-state index in [-0.39, 0.29) is 6.04 Å². The molecule has 3 rings (SSSR count). The summed E-state index contributed by atoms with van der Waals surface area (Å²) in [6.07, 6.45) is 3.76. The van der Waals surface area contributed by atoms with Crippen molar-refractivity contribution in [3.8, 4) is 0 Å². The average molecular weight is 284 g/mol. The molecule has 0 fully saturated rings. The SMILES string of the molecule is Cc1cc(C(N)c2cc3c(s2)CCC3)sc1Cl. The summed E-state index contributed by atoms with van der Waals surface area (Å²) in [6, 6.07) is 4.41. The van der Waals surface area contributed by atoms with Crippen LogP contribution in [0.1, 0.15) is 38.2 Å². The highest BCUT2D eigenvalue weighted by Crippen LogP contribution is 2.38. The maximum absolute atomic E-state index is 6.32. The predicted octanol–water partition coefficient (Wildman–Crippen LogP) is 4.31. The van der Waals surface area contributed by atoms with Gasteiger partial charge in [-0.1, -0.05) is 11.6 Å². The third-order valence-electron chi connectivity index (χ3n) is 3.25. The Morgan fingerprint density at radius 3 is 2.65 bits per heavy atom. The van der Waals surface area contributed by atoms with Crippen LogP contribution in [-0.2, 0) is 12.8 Å². The smallest absolute Gasteiger partial charge is 0.0961 e. The normalized spacial score (nSPS) is 16.2. The number of nitrogens with two attached hydrogens (primary N) is 1. The lowest BCUT2D eigenvalue weighted by Gasteiger charge is -2.06. The third-order valence-corrected chi connectivity index (χ3v) is 6.21. The Balaban J connectivity index is 1.92. The molecule has 1 aliphatic rings. The van der Waals surface area contributed by atoms with E-state index in [0.717, 1.165) is 9.90 Å². The largest absolute Gasteiger partial charge is 0.319 e. The lowest BCUT2D eigenvalue weighted by molar-refractivity contribution is 0.895. The predicted molar refractivity (Wildman–Crippen MR) is 76.4 cm³/mol. The number of halogens is 1. The van der Waals surface area contributed by atoms with Crippen molar-refractivity contribution in [1.29, 1.82) is 0 Å². The molecular formula is C13H14ClNS2. The van der Waals surface area contributed by atoms with Crippen molar-refractivity contribution in [2.24, 2.45) is 5.73 Å². The topological polar surface area (TPSA) is 26.0 Å². The molecule has 1 aliphatic carbocycles. The summed E-state index contributed by atoms with van der Waals surface area (Å²) in [4.78, 5) is 4.00. The van der Waals surface area contributed by atoms with Crippen LogP contribution in [0, 0.1) is 6.92 Å². The summed E-state index contributed by atoms with van der Waals surface area (Å²) in [5.74, 6) is 0. The van der Waals surface area contributed by atoms with Gasteiger partial charge in [0.05, 0.1) is 10.4 Å². The van der Waals surface area contributed by atoms with Gasteiger partial charge >= 0.3 is 0 Å². The number of rotatable bonds is 2. The molecule has 4 heteroatoms. The van der Waals surface area contributed by atoms with Gasteiger partial charge in [-0.15, -0.1) is 22.7 Å². The van der Waals surface area contributed by atoms with E-state index in [1.807, 2.05) is 18.3 Å². The second-order valence-corrected chi connectivity index (χ2v) is 7.39. The molecule has 2 N–H and O–H groups in total. The molecule has 0 spiro atoms. The molecule has 2 heterocycles. The quantitative estimate of drug-likeness (QED) is 0.873. The first-order chi connectivity index (χ1) is 8.15. The summed E-state index contributed by atoms with van der Waals surface area (Å²) in [5.41, 5.74) is 8.97. The zero-order valence-electron chi connectivity index (χ0n) is 9.63. The first-order valence-electron chi connectivity index (χ1n) is 5.78. The Morgan fingerprint density at radius 1 is 1.24 bits per heavy atom. The van der Waals surface area contributed by atoms with E-state index in [4.69, 9.17) is 17.3 Å². The van der Waals surface area contributed by atoms with Crippen LogP contribution in [0.25, 0.3) is 0 Å². The summed E-state index contributed by atoms with van der Waals surface area (Å²) in [6.45, 7) is 2.03. The zero-order chi connectivity index (χ0) is 12.0. The van der Waals surface area contributed by atoms with Crippen LogP contribution in [0.15, 0.2) is 12.1 Å². The fourth-order valence-electron chi connectivity index (χ4n) is 2.28. The molecule has 2 aromatic heterocycles. The van der Waals surface area contributed by atoms with Crippen molar-refractivity contribution >= 4 is 34.3 Å². The Kier molecular flexibility index (Phi) is 3.03. The molecular weight excluding hydrogens is 270 g/mol. The fraction of sp³-hybridized carbons (Fsp3) is 0.385. The Morgan fingerprint density at radius 2 is 2.00 bits per heavy atom. The Labute approximate surface area is 114 Å². The minimum absolute atomic E-state index is 0.00167.